The molecule has 0 saturated carbocycles. The van der Waals surface area contributed by atoms with E-state index in [1.54, 1.807) is 0 Å². The normalized spacial score (nSPS) is 12.9. The minimum atomic E-state index is -0.00955. The maximum atomic E-state index is 9.08. The molecule has 0 aliphatic carbocycles. The van der Waals surface area contributed by atoms with Crippen molar-refractivity contribution in [3.05, 3.63) is 28.8 Å². The summed E-state index contributed by atoms with van der Waals surface area (Å²) in [7, 11) is 2.08. The van der Waals surface area contributed by atoms with E-state index in [2.05, 4.69) is 32.7 Å². The predicted octanol–water partition coefficient (Wildman–Crippen LogP) is 3.70. The van der Waals surface area contributed by atoms with Crippen LogP contribution in [0.4, 0.5) is 5.69 Å². The van der Waals surface area contributed by atoms with Gasteiger partial charge in [0.15, 0.2) is 0 Å². The fourth-order valence-corrected chi connectivity index (χ4v) is 2.21. The molecule has 96 valence electrons. The highest BCUT2D eigenvalue weighted by atomic mass is 35.5. The zero-order valence-corrected chi connectivity index (χ0v) is 11.8. The monoisotopic (exact) mass is 255 g/mol. The Morgan fingerprint density at radius 2 is 1.94 bits per heavy atom. The molecule has 2 nitrogen and oxygen atoms in total. The minimum Gasteiger partial charge on any atom is -0.392 e. The SMILES string of the molecule is CC(C)CC(C)N(C)c1ccc(CO)c(Cl)c1. The second kappa shape index (κ2) is 6.27. The fourth-order valence-electron chi connectivity index (χ4n) is 1.98. The van der Waals surface area contributed by atoms with Crippen molar-refractivity contribution in [2.75, 3.05) is 11.9 Å². The van der Waals surface area contributed by atoms with Gasteiger partial charge in [-0.2, -0.15) is 0 Å². The van der Waals surface area contributed by atoms with Crippen LogP contribution < -0.4 is 4.90 Å². The summed E-state index contributed by atoms with van der Waals surface area (Å²) < 4.78 is 0. The van der Waals surface area contributed by atoms with E-state index in [0.717, 1.165) is 17.7 Å². The van der Waals surface area contributed by atoms with E-state index in [0.29, 0.717) is 17.0 Å². The Morgan fingerprint density at radius 3 is 2.41 bits per heavy atom. The van der Waals surface area contributed by atoms with Gasteiger partial charge in [0.2, 0.25) is 0 Å². The molecule has 0 aliphatic rings. The quantitative estimate of drug-likeness (QED) is 0.867. The van der Waals surface area contributed by atoms with Gasteiger partial charge in [0.25, 0.3) is 0 Å². The highest BCUT2D eigenvalue weighted by Gasteiger charge is 2.12. The summed E-state index contributed by atoms with van der Waals surface area (Å²) in [6.07, 6.45) is 1.15. The van der Waals surface area contributed by atoms with Crippen molar-refractivity contribution >= 4 is 17.3 Å². The van der Waals surface area contributed by atoms with Crippen molar-refractivity contribution in [1.29, 1.82) is 0 Å². The molecule has 1 N–H and O–H groups in total. The number of benzene rings is 1. The molecule has 0 heterocycles. The van der Waals surface area contributed by atoms with Crippen LogP contribution in [0.3, 0.4) is 0 Å². The third-order valence-corrected chi connectivity index (χ3v) is 3.44. The molecule has 1 aromatic rings. The van der Waals surface area contributed by atoms with E-state index >= 15 is 0 Å². The average Bonchev–Trinajstić information content (AvgIpc) is 2.27. The van der Waals surface area contributed by atoms with Crippen LogP contribution in [0.15, 0.2) is 18.2 Å². The highest BCUT2D eigenvalue weighted by molar-refractivity contribution is 6.31. The van der Waals surface area contributed by atoms with Crippen molar-refractivity contribution in [2.45, 2.75) is 39.8 Å². The van der Waals surface area contributed by atoms with E-state index in [1.807, 2.05) is 18.2 Å². The lowest BCUT2D eigenvalue weighted by Gasteiger charge is -2.28. The van der Waals surface area contributed by atoms with E-state index in [9.17, 15) is 0 Å². The summed E-state index contributed by atoms with van der Waals surface area (Å²) >= 11 is 6.10. The zero-order valence-electron chi connectivity index (χ0n) is 11.1. The van der Waals surface area contributed by atoms with Crippen LogP contribution in [-0.2, 0) is 6.61 Å². The van der Waals surface area contributed by atoms with E-state index in [-0.39, 0.29) is 6.61 Å². The van der Waals surface area contributed by atoms with Crippen molar-refractivity contribution in [3.63, 3.8) is 0 Å². The smallest absolute Gasteiger partial charge is 0.0696 e. The molecule has 0 amide bonds. The van der Waals surface area contributed by atoms with Crippen LogP contribution in [0, 0.1) is 5.92 Å². The van der Waals surface area contributed by atoms with E-state index in [1.165, 1.54) is 0 Å². The van der Waals surface area contributed by atoms with Crippen LogP contribution in [0.2, 0.25) is 5.02 Å². The molecule has 0 spiro atoms. The Morgan fingerprint density at radius 1 is 1.29 bits per heavy atom. The van der Waals surface area contributed by atoms with Crippen LogP contribution in [0.25, 0.3) is 0 Å². The number of hydrogen-bond acceptors (Lipinski definition) is 2. The van der Waals surface area contributed by atoms with Gasteiger partial charge in [-0.1, -0.05) is 31.5 Å². The lowest BCUT2D eigenvalue weighted by molar-refractivity contribution is 0.282. The number of rotatable bonds is 5. The number of nitrogens with zero attached hydrogens (tertiary/aromatic N) is 1. The third-order valence-electron chi connectivity index (χ3n) is 3.09. The molecule has 0 aliphatic heterocycles. The molecule has 0 aromatic heterocycles. The Hall–Kier alpha value is -0.730. The van der Waals surface area contributed by atoms with Gasteiger partial charge in [-0.25, -0.2) is 0 Å². The Balaban J connectivity index is 2.82. The lowest BCUT2D eigenvalue weighted by Crippen LogP contribution is -2.30. The molecule has 0 radical (unpaired) electrons. The molecule has 0 bridgehead atoms. The topological polar surface area (TPSA) is 23.5 Å². The first kappa shape index (κ1) is 14.3. The van der Waals surface area contributed by atoms with Crippen molar-refractivity contribution < 1.29 is 5.11 Å². The molecular weight excluding hydrogens is 234 g/mol. The third kappa shape index (κ3) is 3.90. The maximum absolute atomic E-state index is 9.08. The van der Waals surface area contributed by atoms with Crippen molar-refractivity contribution in [3.8, 4) is 0 Å². The summed E-state index contributed by atoms with van der Waals surface area (Å²) in [5, 5.41) is 9.71. The molecular formula is C14H22ClNO. The standard InChI is InChI=1S/C14H22ClNO/c1-10(2)7-11(3)16(4)13-6-5-12(9-17)14(15)8-13/h5-6,8,10-11,17H,7,9H2,1-4H3. The van der Waals surface area contributed by atoms with E-state index in [4.69, 9.17) is 16.7 Å². The number of hydrogen-bond donors (Lipinski definition) is 1. The van der Waals surface area contributed by atoms with Gasteiger partial charge in [0.1, 0.15) is 0 Å². The van der Waals surface area contributed by atoms with Crippen LogP contribution in [0.1, 0.15) is 32.8 Å². The zero-order chi connectivity index (χ0) is 13.0. The van der Waals surface area contributed by atoms with Crippen LogP contribution in [0.5, 0.6) is 0 Å². The molecule has 17 heavy (non-hydrogen) atoms. The Bertz CT molecular complexity index is 365. The van der Waals surface area contributed by atoms with Gasteiger partial charge in [-0.15, -0.1) is 0 Å². The minimum absolute atomic E-state index is 0.00955. The van der Waals surface area contributed by atoms with Crippen molar-refractivity contribution in [1.82, 2.24) is 0 Å². The molecule has 0 saturated heterocycles. The number of anilines is 1. The summed E-state index contributed by atoms with van der Waals surface area (Å²) in [5.74, 6) is 0.680. The summed E-state index contributed by atoms with van der Waals surface area (Å²) in [6, 6.07) is 6.29. The Kier molecular flexibility index (Phi) is 5.29. The summed E-state index contributed by atoms with van der Waals surface area (Å²) in [4.78, 5) is 2.23. The number of halogens is 1. The predicted molar refractivity (Wildman–Crippen MR) is 74.7 cm³/mol. The molecule has 1 unspecified atom stereocenters. The molecule has 0 fully saturated rings. The van der Waals surface area contributed by atoms with Crippen LogP contribution in [-0.4, -0.2) is 18.2 Å². The largest absolute Gasteiger partial charge is 0.392 e. The molecule has 1 atom stereocenters. The van der Waals surface area contributed by atoms with Gasteiger partial charge in [0.05, 0.1) is 6.61 Å². The van der Waals surface area contributed by atoms with Gasteiger partial charge < -0.3 is 10.0 Å². The summed E-state index contributed by atoms with van der Waals surface area (Å²) in [5.41, 5.74) is 1.88. The van der Waals surface area contributed by atoms with Crippen molar-refractivity contribution in [2.24, 2.45) is 5.92 Å². The highest BCUT2D eigenvalue weighted by Crippen LogP contribution is 2.25. The first-order chi connectivity index (χ1) is 7.95. The maximum Gasteiger partial charge on any atom is 0.0696 e. The fraction of sp³-hybridized carbons (Fsp3) is 0.571. The van der Waals surface area contributed by atoms with Gasteiger partial charge in [-0.3, -0.25) is 0 Å². The number of aliphatic hydroxyl groups is 1. The molecule has 1 aromatic carbocycles. The molecule has 1 rings (SSSR count). The van der Waals surface area contributed by atoms with Crippen LogP contribution >= 0.6 is 11.6 Å². The number of aliphatic hydroxyl groups excluding tert-OH is 1. The second-order valence-electron chi connectivity index (χ2n) is 5.02. The van der Waals surface area contributed by atoms with Gasteiger partial charge in [0, 0.05) is 23.8 Å². The van der Waals surface area contributed by atoms with Gasteiger partial charge >= 0.3 is 0 Å². The Labute approximate surface area is 109 Å². The van der Waals surface area contributed by atoms with E-state index < -0.39 is 0 Å². The first-order valence-electron chi connectivity index (χ1n) is 6.07. The summed E-state index contributed by atoms with van der Waals surface area (Å²) in [6.45, 7) is 6.66. The van der Waals surface area contributed by atoms with Gasteiger partial charge in [-0.05, 0) is 37.0 Å². The molecule has 3 heteroatoms. The average molecular weight is 256 g/mol. The second-order valence-corrected chi connectivity index (χ2v) is 5.43. The lowest BCUT2D eigenvalue weighted by atomic mass is 10.0. The first-order valence-corrected chi connectivity index (χ1v) is 6.45.